The van der Waals surface area contributed by atoms with Crippen molar-refractivity contribution in [3.05, 3.63) is 107 Å². The van der Waals surface area contributed by atoms with Crippen molar-refractivity contribution in [1.82, 2.24) is 4.98 Å². The van der Waals surface area contributed by atoms with Crippen LogP contribution in [0.3, 0.4) is 0 Å². The van der Waals surface area contributed by atoms with Gasteiger partial charge in [-0.1, -0.05) is 48.5 Å². The third-order valence-corrected chi connectivity index (χ3v) is 6.47. The summed E-state index contributed by atoms with van der Waals surface area (Å²) in [6, 6.07) is 21.1. The molecule has 0 bridgehead atoms. The van der Waals surface area contributed by atoms with E-state index < -0.39 is 11.5 Å². The molecule has 0 radical (unpaired) electrons. The molecule has 5 rings (SSSR count). The summed E-state index contributed by atoms with van der Waals surface area (Å²) in [5.41, 5.74) is 7.74. The average molecular weight is 468 g/mol. The van der Waals surface area contributed by atoms with E-state index in [1.807, 2.05) is 31.2 Å². The Morgan fingerprint density at radius 2 is 1.74 bits per heavy atom. The third kappa shape index (κ3) is 3.70. The number of para-hydroxylation sites is 1. The number of nitrogens with two attached hydrogens (primary N) is 1. The Morgan fingerprint density at radius 1 is 1.03 bits per heavy atom. The molecular weight excluding hydrogens is 442 g/mol. The summed E-state index contributed by atoms with van der Waals surface area (Å²) in [5.74, 6) is 0.200. The van der Waals surface area contributed by atoms with Gasteiger partial charge in [0, 0.05) is 36.6 Å². The second kappa shape index (κ2) is 8.52. The molecule has 7 heteroatoms. The number of rotatable bonds is 4. The van der Waals surface area contributed by atoms with Gasteiger partial charge >= 0.3 is 0 Å². The summed E-state index contributed by atoms with van der Waals surface area (Å²) in [6.07, 6.45) is 0.555. The molecule has 1 aliphatic heterocycles. The van der Waals surface area contributed by atoms with Gasteiger partial charge in [-0.05, 0) is 42.3 Å². The molecular formula is C28H25N3O4. The lowest BCUT2D eigenvalue weighted by Crippen LogP contribution is -2.42. The molecule has 0 fully saturated rings. The lowest BCUT2D eigenvalue weighted by Gasteiger charge is -2.28. The number of aromatic nitrogens is 1. The van der Waals surface area contributed by atoms with E-state index in [1.54, 1.807) is 60.4 Å². The van der Waals surface area contributed by atoms with Crippen LogP contribution in [-0.4, -0.2) is 28.4 Å². The van der Waals surface area contributed by atoms with Crippen LogP contribution in [0.2, 0.25) is 0 Å². The van der Waals surface area contributed by atoms with Crippen molar-refractivity contribution in [3.8, 4) is 11.3 Å². The number of amides is 2. The fraction of sp³-hybridized carbons (Fsp3) is 0.179. The number of hydrogen-bond donors (Lipinski definition) is 2. The molecule has 2 amide bonds. The number of aliphatic hydroxyl groups is 1. The molecule has 2 heterocycles. The Kier molecular flexibility index (Phi) is 5.49. The van der Waals surface area contributed by atoms with Gasteiger partial charge in [0.1, 0.15) is 0 Å². The van der Waals surface area contributed by atoms with E-state index in [0.29, 0.717) is 46.9 Å². The molecule has 176 valence electrons. The van der Waals surface area contributed by atoms with E-state index in [1.165, 1.54) is 0 Å². The number of carbonyl (C=O) groups is 2. The number of anilines is 1. The van der Waals surface area contributed by atoms with Crippen LogP contribution in [0.25, 0.3) is 11.3 Å². The highest BCUT2D eigenvalue weighted by molar-refractivity contribution is 6.08. The molecule has 0 saturated carbocycles. The average Bonchev–Trinajstić information content (AvgIpc) is 3.17. The van der Waals surface area contributed by atoms with E-state index in [9.17, 15) is 14.7 Å². The van der Waals surface area contributed by atoms with Crippen LogP contribution in [0.15, 0.2) is 77.2 Å². The van der Waals surface area contributed by atoms with Crippen molar-refractivity contribution in [1.29, 1.82) is 0 Å². The third-order valence-electron chi connectivity index (χ3n) is 6.47. The van der Waals surface area contributed by atoms with E-state index >= 15 is 0 Å². The fourth-order valence-corrected chi connectivity index (χ4v) is 4.77. The van der Waals surface area contributed by atoms with Crippen molar-refractivity contribution in [2.75, 3.05) is 11.4 Å². The Balaban J connectivity index is 1.54. The van der Waals surface area contributed by atoms with Crippen LogP contribution >= 0.6 is 0 Å². The van der Waals surface area contributed by atoms with E-state index in [4.69, 9.17) is 10.2 Å². The number of hydrogen-bond acceptors (Lipinski definition) is 5. The number of benzene rings is 3. The first-order chi connectivity index (χ1) is 16.8. The van der Waals surface area contributed by atoms with Crippen LogP contribution in [0, 0.1) is 13.8 Å². The number of nitrogens with zero attached hydrogens (tertiary/aromatic N) is 2. The van der Waals surface area contributed by atoms with Gasteiger partial charge in [0.25, 0.3) is 11.8 Å². The Morgan fingerprint density at radius 3 is 2.46 bits per heavy atom. The molecule has 0 aliphatic carbocycles. The largest absolute Gasteiger partial charge is 0.441 e. The lowest BCUT2D eigenvalue weighted by atomic mass is 9.82. The zero-order valence-corrected chi connectivity index (χ0v) is 19.5. The summed E-state index contributed by atoms with van der Waals surface area (Å²) in [5, 5.41) is 11.4. The smallest absolute Gasteiger partial charge is 0.258 e. The van der Waals surface area contributed by atoms with Crippen LogP contribution in [0.4, 0.5) is 5.69 Å². The van der Waals surface area contributed by atoms with Crippen molar-refractivity contribution in [2.45, 2.75) is 25.9 Å². The highest BCUT2D eigenvalue weighted by atomic mass is 16.4. The first kappa shape index (κ1) is 22.6. The molecule has 0 spiro atoms. The molecule has 3 N–H and O–H groups in total. The van der Waals surface area contributed by atoms with Crippen LogP contribution in [-0.2, 0) is 16.8 Å². The van der Waals surface area contributed by atoms with Crippen molar-refractivity contribution in [2.24, 2.45) is 5.73 Å². The Labute approximate surface area is 202 Å². The minimum Gasteiger partial charge on any atom is -0.441 e. The maximum atomic E-state index is 13.7. The van der Waals surface area contributed by atoms with E-state index in [-0.39, 0.29) is 5.91 Å². The van der Waals surface area contributed by atoms with Crippen molar-refractivity contribution in [3.63, 3.8) is 0 Å². The SMILES string of the molecule is Cc1nc2c(o1)-c1ccccc1N(C(=O)c1ccc(C(O)(C(N)=O)c3ccccc3)c(C)c1)CC2. The number of oxazole rings is 1. The van der Waals surface area contributed by atoms with Gasteiger partial charge in [0.2, 0.25) is 0 Å². The summed E-state index contributed by atoms with van der Waals surface area (Å²) in [6.45, 7) is 4.00. The zero-order valence-electron chi connectivity index (χ0n) is 19.5. The van der Waals surface area contributed by atoms with E-state index in [2.05, 4.69) is 4.98 Å². The molecule has 1 aliphatic rings. The second-order valence-electron chi connectivity index (χ2n) is 8.70. The number of carbonyl (C=O) groups excluding carboxylic acids is 2. The van der Waals surface area contributed by atoms with Gasteiger partial charge in [0.15, 0.2) is 17.3 Å². The zero-order chi connectivity index (χ0) is 24.7. The monoisotopic (exact) mass is 467 g/mol. The maximum absolute atomic E-state index is 13.7. The number of primary amides is 1. The van der Waals surface area contributed by atoms with Crippen molar-refractivity contribution >= 4 is 17.5 Å². The number of fused-ring (bicyclic) bond motifs is 3. The maximum Gasteiger partial charge on any atom is 0.258 e. The van der Waals surface area contributed by atoms with E-state index in [0.717, 1.165) is 16.9 Å². The van der Waals surface area contributed by atoms with Gasteiger partial charge in [-0.3, -0.25) is 9.59 Å². The minimum absolute atomic E-state index is 0.198. The summed E-state index contributed by atoms with van der Waals surface area (Å²) < 4.78 is 5.86. The minimum atomic E-state index is -2.01. The van der Waals surface area contributed by atoms with Crippen molar-refractivity contribution < 1.29 is 19.1 Å². The highest BCUT2D eigenvalue weighted by Gasteiger charge is 2.39. The normalized spacial score (nSPS) is 14.4. The Bertz CT molecular complexity index is 1440. The molecule has 1 unspecified atom stereocenters. The standard InChI is InChI=1S/C28H25N3O4/c1-17-16-19(12-13-22(17)28(34,27(29)33)20-8-4-3-5-9-20)26(32)31-15-14-23-25(35-18(2)30-23)21-10-6-7-11-24(21)31/h3-13,16,34H,14-15H2,1-2H3,(H2,29,33). The molecule has 7 nitrogen and oxygen atoms in total. The predicted molar refractivity (Wildman–Crippen MR) is 132 cm³/mol. The van der Waals surface area contributed by atoms with Gasteiger partial charge in [-0.25, -0.2) is 4.98 Å². The van der Waals surface area contributed by atoms with Crippen LogP contribution in [0.5, 0.6) is 0 Å². The number of aryl methyl sites for hydroxylation is 2. The highest BCUT2D eigenvalue weighted by Crippen LogP contribution is 2.38. The summed E-state index contributed by atoms with van der Waals surface area (Å²) in [7, 11) is 0. The second-order valence-corrected chi connectivity index (χ2v) is 8.70. The predicted octanol–water partition coefficient (Wildman–Crippen LogP) is 3.88. The first-order valence-electron chi connectivity index (χ1n) is 11.4. The topological polar surface area (TPSA) is 110 Å². The first-order valence-corrected chi connectivity index (χ1v) is 11.4. The van der Waals surface area contributed by atoms with Crippen LogP contribution in [0.1, 0.15) is 38.6 Å². The molecule has 35 heavy (non-hydrogen) atoms. The fourth-order valence-electron chi connectivity index (χ4n) is 4.77. The Hall–Kier alpha value is -4.23. The lowest BCUT2D eigenvalue weighted by molar-refractivity contribution is -0.133. The molecule has 1 aromatic heterocycles. The van der Waals surface area contributed by atoms with Gasteiger partial charge in [-0.2, -0.15) is 0 Å². The molecule has 3 aromatic carbocycles. The summed E-state index contributed by atoms with van der Waals surface area (Å²) >= 11 is 0. The molecule has 0 saturated heterocycles. The quantitative estimate of drug-likeness (QED) is 0.473. The molecule has 1 atom stereocenters. The van der Waals surface area contributed by atoms with Crippen LogP contribution < -0.4 is 10.6 Å². The summed E-state index contributed by atoms with van der Waals surface area (Å²) in [4.78, 5) is 32.3. The van der Waals surface area contributed by atoms with Gasteiger partial charge in [0.05, 0.1) is 11.4 Å². The molecule has 4 aromatic rings. The van der Waals surface area contributed by atoms with Gasteiger partial charge < -0.3 is 20.2 Å². The van der Waals surface area contributed by atoms with Gasteiger partial charge in [-0.15, -0.1) is 0 Å².